The van der Waals surface area contributed by atoms with Crippen LogP contribution in [-0.4, -0.2) is 19.3 Å². The van der Waals surface area contributed by atoms with Gasteiger partial charge in [-0.2, -0.15) is 4.31 Å². The van der Waals surface area contributed by atoms with Crippen molar-refractivity contribution in [1.29, 1.82) is 0 Å². The van der Waals surface area contributed by atoms with Crippen molar-refractivity contribution in [2.75, 3.05) is 6.54 Å². The van der Waals surface area contributed by atoms with E-state index in [1.165, 1.54) is 5.56 Å². The van der Waals surface area contributed by atoms with Gasteiger partial charge < -0.3 is 0 Å². The van der Waals surface area contributed by atoms with Crippen molar-refractivity contribution < 1.29 is 8.42 Å². The second-order valence-electron chi connectivity index (χ2n) is 5.23. The lowest BCUT2D eigenvalue weighted by Crippen LogP contribution is -2.36. The van der Waals surface area contributed by atoms with Crippen molar-refractivity contribution in [3.05, 3.63) is 69.7 Å². The van der Waals surface area contributed by atoms with Gasteiger partial charge in [-0.1, -0.05) is 52.3 Å². The van der Waals surface area contributed by atoms with Crippen LogP contribution in [0.3, 0.4) is 0 Å². The van der Waals surface area contributed by atoms with E-state index in [-0.39, 0.29) is 5.75 Å². The molecular formula is C16H16BrNO2S. The van der Waals surface area contributed by atoms with Crippen molar-refractivity contribution in [2.24, 2.45) is 0 Å². The average Bonchev–Trinajstić information content (AvgIpc) is 2.49. The highest BCUT2D eigenvalue weighted by Gasteiger charge is 2.26. The number of fused-ring (bicyclic) bond motifs is 1. The number of rotatable bonds is 3. The fourth-order valence-electron chi connectivity index (χ4n) is 2.59. The van der Waals surface area contributed by atoms with Gasteiger partial charge in [0, 0.05) is 17.6 Å². The van der Waals surface area contributed by atoms with Crippen molar-refractivity contribution in [2.45, 2.75) is 18.7 Å². The molecule has 0 aromatic heterocycles. The number of hydrogen-bond donors (Lipinski definition) is 0. The molecule has 1 heterocycles. The van der Waals surface area contributed by atoms with E-state index in [4.69, 9.17) is 0 Å². The predicted molar refractivity (Wildman–Crippen MR) is 87.3 cm³/mol. The zero-order valence-corrected chi connectivity index (χ0v) is 13.9. The van der Waals surface area contributed by atoms with Crippen LogP contribution in [0.15, 0.2) is 53.0 Å². The summed E-state index contributed by atoms with van der Waals surface area (Å²) in [6.45, 7) is 1.05. The van der Waals surface area contributed by atoms with Gasteiger partial charge in [0.05, 0.1) is 5.75 Å². The van der Waals surface area contributed by atoms with Crippen LogP contribution >= 0.6 is 15.9 Å². The van der Waals surface area contributed by atoms with Gasteiger partial charge in [0.25, 0.3) is 0 Å². The molecule has 0 spiro atoms. The maximum absolute atomic E-state index is 12.6. The third-order valence-corrected chi connectivity index (χ3v) is 6.08. The summed E-state index contributed by atoms with van der Waals surface area (Å²) in [6, 6.07) is 15.5. The molecule has 0 bridgehead atoms. The topological polar surface area (TPSA) is 37.4 Å². The third kappa shape index (κ3) is 3.36. The second kappa shape index (κ2) is 5.91. The molecule has 0 N–H and O–H groups in total. The number of hydrogen-bond acceptors (Lipinski definition) is 2. The molecule has 0 atom stereocenters. The van der Waals surface area contributed by atoms with Crippen LogP contribution < -0.4 is 0 Å². The minimum absolute atomic E-state index is 0.0580. The van der Waals surface area contributed by atoms with Crippen molar-refractivity contribution in [3.8, 4) is 0 Å². The quantitative estimate of drug-likeness (QED) is 0.836. The van der Waals surface area contributed by atoms with Crippen LogP contribution in [0.2, 0.25) is 0 Å². The fraction of sp³-hybridized carbons (Fsp3) is 0.250. The molecule has 0 amide bonds. The molecule has 0 fully saturated rings. The highest BCUT2D eigenvalue weighted by molar-refractivity contribution is 9.10. The molecule has 0 aliphatic carbocycles. The van der Waals surface area contributed by atoms with Crippen LogP contribution in [-0.2, 0) is 28.7 Å². The van der Waals surface area contributed by atoms with Gasteiger partial charge >= 0.3 is 0 Å². The number of sulfonamides is 1. The van der Waals surface area contributed by atoms with Crippen molar-refractivity contribution >= 4 is 26.0 Å². The molecule has 3 nitrogen and oxygen atoms in total. The van der Waals surface area contributed by atoms with Crippen molar-refractivity contribution in [3.63, 3.8) is 0 Å². The molecule has 0 saturated carbocycles. The van der Waals surface area contributed by atoms with E-state index in [1.807, 2.05) is 42.5 Å². The SMILES string of the molecule is O=S(=O)(Cc1ccc(Br)cc1)N1CCc2ccccc2C1. The second-order valence-corrected chi connectivity index (χ2v) is 8.12. The van der Waals surface area contributed by atoms with Crippen molar-refractivity contribution in [1.82, 2.24) is 4.31 Å². The zero-order valence-electron chi connectivity index (χ0n) is 11.5. The van der Waals surface area contributed by atoms with Gasteiger partial charge in [-0.25, -0.2) is 8.42 Å². The molecule has 1 aliphatic rings. The number of halogens is 1. The van der Waals surface area contributed by atoms with E-state index in [1.54, 1.807) is 4.31 Å². The molecular weight excluding hydrogens is 350 g/mol. The van der Waals surface area contributed by atoms with E-state index in [9.17, 15) is 8.42 Å². The van der Waals surface area contributed by atoms with Crippen LogP contribution in [0.1, 0.15) is 16.7 Å². The summed E-state index contributed by atoms with van der Waals surface area (Å²) in [5.41, 5.74) is 3.19. The lowest BCUT2D eigenvalue weighted by molar-refractivity contribution is 0.391. The Morgan fingerprint density at radius 1 is 1.00 bits per heavy atom. The molecule has 0 radical (unpaired) electrons. The zero-order chi connectivity index (χ0) is 14.9. The minimum atomic E-state index is -3.27. The Bertz CT molecular complexity index is 741. The predicted octanol–water partition coefficient (Wildman–Crippen LogP) is 3.34. The van der Waals surface area contributed by atoms with E-state index < -0.39 is 10.0 Å². The van der Waals surface area contributed by atoms with E-state index >= 15 is 0 Å². The van der Waals surface area contributed by atoms with Gasteiger partial charge in [0.1, 0.15) is 0 Å². The molecule has 110 valence electrons. The molecule has 2 aromatic carbocycles. The van der Waals surface area contributed by atoms with Gasteiger partial charge in [-0.15, -0.1) is 0 Å². The standard InChI is InChI=1S/C16H16BrNO2S/c17-16-7-5-13(6-8-16)12-21(19,20)18-10-9-14-3-1-2-4-15(14)11-18/h1-8H,9-12H2. The highest BCUT2D eigenvalue weighted by Crippen LogP contribution is 2.23. The van der Waals surface area contributed by atoms with Crippen LogP contribution in [0.4, 0.5) is 0 Å². The molecule has 21 heavy (non-hydrogen) atoms. The van der Waals surface area contributed by atoms with Crippen LogP contribution in [0, 0.1) is 0 Å². The minimum Gasteiger partial charge on any atom is -0.212 e. The fourth-order valence-corrected chi connectivity index (χ4v) is 4.36. The Hall–Kier alpha value is -1.17. The van der Waals surface area contributed by atoms with Gasteiger partial charge in [-0.05, 0) is 35.2 Å². The largest absolute Gasteiger partial charge is 0.218 e. The number of benzene rings is 2. The van der Waals surface area contributed by atoms with Gasteiger partial charge in [0.15, 0.2) is 0 Å². The summed E-state index contributed by atoms with van der Waals surface area (Å²) in [7, 11) is -3.27. The lowest BCUT2D eigenvalue weighted by atomic mass is 10.0. The molecule has 0 saturated heterocycles. The van der Waals surface area contributed by atoms with E-state index in [0.29, 0.717) is 13.1 Å². The summed E-state index contributed by atoms with van der Waals surface area (Å²) in [4.78, 5) is 0. The average molecular weight is 366 g/mol. The molecule has 2 aromatic rings. The first-order valence-electron chi connectivity index (χ1n) is 6.84. The first kappa shape index (κ1) is 14.8. The van der Waals surface area contributed by atoms with Gasteiger partial charge in [0.2, 0.25) is 10.0 Å². The van der Waals surface area contributed by atoms with Crippen LogP contribution in [0.5, 0.6) is 0 Å². The van der Waals surface area contributed by atoms with E-state index in [0.717, 1.165) is 22.0 Å². The maximum atomic E-state index is 12.6. The Labute approximate surface area is 133 Å². The summed E-state index contributed by atoms with van der Waals surface area (Å²) < 4.78 is 27.7. The molecule has 0 unspecified atom stereocenters. The summed E-state index contributed by atoms with van der Waals surface area (Å²) >= 11 is 3.36. The first-order valence-corrected chi connectivity index (χ1v) is 9.24. The summed E-state index contributed by atoms with van der Waals surface area (Å²) in [6.07, 6.45) is 0.787. The summed E-state index contributed by atoms with van der Waals surface area (Å²) in [5.74, 6) is 0.0580. The molecule has 1 aliphatic heterocycles. The Morgan fingerprint density at radius 2 is 1.67 bits per heavy atom. The summed E-state index contributed by atoms with van der Waals surface area (Å²) in [5, 5.41) is 0. The van der Waals surface area contributed by atoms with Crippen LogP contribution in [0.25, 0.3) is 0 Å². The normalized spacial score (nSPS) is 15.7. The Morgan fingerprint density at radius 3 is 2.38 bits per heavy atom. The molecule has 5 heteroatoms. The molecule has 3 rings (SSSR count). The van der Waals surface area contributed by atoms with Gasteiger partial charge in [-0.3, -0.25) is 0 Å². The smallest absolute Gasteiger partial charge is 0.212 e. The maximum Gasteiger partial charge on any atom is 0.218 e. The first-order chi connectivity index (χ1) is 10.0. The highest BCUT2D eigenvalue weighted by atomic mass is 79.9. The van der Waals surface area contributed by atoms with E-state index in [2.05, 4.69) is 22.0 Å². The Kier molecular flexibility index (Phi) is 4.15. The Balaban J connectivity index is 1.78. The third-order valence-electron chi connectivity index (χ3n) is 3.75. The lowest BCUT2D eigenvalue weighted by Gasteiger charge is -2.28. The monoisotopic (exact) mass is 365 g/mol. The number of nitrogens with zero attached hydrogens (tertiary/aromatic N) is 1.